The maximum absolute atomic E-state index is 15.0. The number of nitrogens with zero attached hydrogens (tertiary/aromatic N) is 4. The first-order valence-electron chi connectivity index (χ1n) is 24.2. The van der Waals surface area contributed by atoms with Gasteiger partial charge in [-0.1, -0.05) is 42.5 Å². The lowest BCUT2D eigenvalue weighted by molar-refractivity contribution is -0.146. The smallest absolute Gasteiger partial charge is 0.326 e. The number of carbonyl (C=O) groups is 9. The second-order valence-corrected chi connectivity index (χ2v) is 19.6. The molecule has 0 unspecified atom stereocenters. The number of carboxylic acid groups (broad SMARTS) is 2. The van der Waals surface area contributed by atoms with E-state index in [0.717, 1.165) is 0 Å². The Kier molecular flexibility index (Phi) is 19.7. The number of aromatic amines is 1. The van der Waals surface area contributed by atoms with Gasteiger partial charge in [0.05, 0.1) is 24.2 Å². The topological polar surface area (TPSA) is 400 Å². The van der Waals surface area contributed by atoms with Crippen LogP contribution in [0, 0.1) is 0 Å². The fourth-order valence-corrected chi connectivity index (χ4v) is 10.5. The zero-order valence-electron chi connectivity index (χ0n) is 40.4. The van der Waals surface area contributed by atoms with Crippen LogP contribution in [0.15, 0.2) is 72.1 Å². The van der Waals surface area contributed by atoms with Crippen molar-refractivity contribution in [3.8, 4) is 5.75 Å². The molecule has 3 aliphatic rings. The molecule has 3 aromatic rings. The Bertz CT molecular complexity index is 2510. The zero-order chi connectivity index (χ0) is 53.5. The summed E-state index contributed by atoms with van der Waals surface area (Å²) < 4.78 is 0. The molecule has 0 bridgehead atoms. The van der Waals surface area contributed by atoms with Crippen molar-refractivity contribution in [3.05, 3.63) is 83.9 Å². The predicted octanol–water partition coefficient (Wildman–Crippen LogP) is -2.05. The Morgan fingerprint density at radius 2 is 1.55 bits per heavy atom. The van der Waals surface area contributed by atoms with Crippen molar-refractivity contribution < 1.29 is 58.5 Å². The number of fused-ring (bicyclic) bond motifs is 1. The van der Waals surface area contributed by atoms with Gasteiger partial charge in [0.25, 0.3) is 0 Å². The predicted molar refractivity (Wildman–Crippen MR) is 267 cm³/mol. The Morgan fingerprint density at radius 1 is 0.838 bits per heavy atom. The number of hydrogen-bond acceptors (Lipinski definition) is 14. The Morgan fingerprint density at radius 3 is 2.23 bits per heavy atom. The summed E-state index contributed by atoms with van der Waals surface area (Å²) in [5.74, 6) is -7.76. The van der Waals surface area contributed by atoms with Crippen molar-refractivity contribution in [2.75, 3.05) is 18.8 Å². The maximum Gasteiger partial charge on any atom is 0.326 e. The van der Waals surface area contributed by atoms with Crippen LogP contribution in [0.5, 0.6) is 5.75 Å². The summed E-state index contributed by atoms with van der Waals surface area (Å²) in [6, 6.07) is 4.55. The van der Waals surface area contributed by atoms with Crippen LogP contribution in [0.25, 0.3) is 0 Å². The van der Waals surface area contributed by atoms with Gasteiger partial charge in [-0.15, -0.1) is 11.8 Å². The summed E-state index contributed by atoms with van der Waals surface area (Å²) in [6.45, 7) is 0.220. The van der Waals surface area contributed by atoms with Crippen LogP contribution in [-0.2, 0) is 62.4 Å². The normalized spacial score (nSPS) is 21.4. The number of rotatable bonds is 22. The van der Waals surface area contributed by atoms with Crippen molar-refractivity contribution >= 4 is 71.0 Å². The number of aliphatic carboxylic acids is 2. The molecular formula is C48H63N13O12S. The molecule has 74 heavy (non-hydrogen) atoms. The van der Waals surface area contributed by atoms with Gasteiger partial charge in [-0.05, 0) is 74.0 Å². The average molecular weight is 1050 g/mol. The van der Waals surface area contributed by atoms with Gasteiger partial charge in [-0.3, -0.25) is 43.3 Å². The van der Waals surface area contributed by atoms with Gasteiger partial charge in [-0.25, -0.2) is 9.78 Å². The Hall–Kier alpha value is -7.74. The number of phenolic OH excluding ortho intramolecular Hbond substituents is 1. The fraction of sp³-hybridized carbons (Fsp3) is 0.479. The van der Waals surface area contributed by atoms with Gasteiger partial charge < -0.3 is 73.9 Å². The van der Waals surface area contributed by atoms with Crippen molar-refractivity contribution in [2.45, 2.75) is 124 Å². The molecule has 2 aromatic carbocycles. The third-order valence-corrected chi connectivity index (χ3v) is 14.2. The number of likely N-dealkylation sites (tertiary alicyclic amines) is 1. The number of imidazole rings is 1. The van der Waals surface area contributed by atoms with Crippen LogP contribution in [0.3, 0.4) is 0 Å². The molecule has 15 N–H and O–H groups in total. The number of carbonyl (C=O) groups excluding carboxylic acids is 7. The Labute approximate surface area is 429 Å². The van der Waals surface area contributed by atoms with E-state index in [4.69, 9.17) is 17.2 Å². The monoisotopic (exact) mass is 1050 g/mol. The molecule has 7 amide bonds. The van der Waals surface area contributed by atoms with Crippen LogP contribution in [0.4, 0.5) is 0 Å². The molecule has 0 spiro atoms. The molecule has 4 heterocycles. The van der Waals surface area contributed by atoms with E-state index in [0.29, 0.717) is 29.7 Å². The maximum atomic E-state index is 15.0. The van der Waals surface area contributed by atoms with Crippen LogP contribution >= 0.6 is 11.8 Å². The molecule has 0 radical (unpaired) electrons. The quantitative estimate of drug-likeness (QED) is 0.0293. The highest BCUT2D eigenvalue weighted by Gasteiger charge is 2.47. The molecule has 9 atom stereocenters. The second-order valence-electron chi connectivity index (χ2n) is 18.3. The van der Waals surface area contributed by atoms with E-state index in [1.807, 2.05) is 0 Å². The van der Waals surface area contributed by atoms with Crippen LogP contribution in [0.2, 0.25) is 0 Å². The first-order chi connectivity index (χ1) is 35.4. The minimum absolute atomic E-state index is 0.00726. The largest absolute Gasteiger partial charge is 0.508 e. The number of hydrogen-bond donors (Lipinski definition) is 12. The highest BCUT2D eigenvalue weighted by molar-refractivity contribution is 7.99. The molecule has 25 nitrogen and oxygen atoms in total. The average Bonchev–Trinajstić information content (AvgIpc) is 4.16. The lowest BCUT2D eigenvalue weighted by Gasteiger charge is -2.36. The van der Waals surface area contributed by atoms with E-state index in [2.05, 4.69) is 41.5 Å². The van der Waals surface area contributed by atoms with Crippen molar-refractivity contribution in [2.24, 2.45) is 22.2 Å². The summed E-state index contributed by atoms with van der Waals surface area (Å²) in [5, 5.41) is 42.0. The number of amides is 7. The Balaban J connectivity index is 1.21. The third kappa shape index (κ3) is 15.4. The molecule has 1 aromatic heterocycles. The molecule has 26 heteroatoms. The molecule has 3 fully saturated rings. The van der Waals surface area contributed by atoms with Gasteiger partial charge in [-0.2, -0.15) is 0 Å². The number of thioether (sulfide) groups is 1. The SMILES string of the molecule is NC(N)=NCCC[C@H](NC(=O)[C@@H](N)CC(=O)O)C(=O)N[C@H]1CCS[C@H]2CC[C@@H](C(=O)N[C@@H](Cc3cnc[nH]3)C(=O)N3CCC[C@H]3C(=O)N[C@@H](Cc3ccccc3)C(=O)O)N2C(=O)[C@H](Cc2ccc(O)cc2)NC1=O. The van der Waals surface area contributed by atoms with E-state index in [1.165, 1.54) is 46.2 Å². The number of aliphatic imine (C=N–C) groups is 1. The van der Waals surface area contributed by atoms with Gasteiger partial charge in [0, 0.05) is 44.2 Å². The van der Waals surface area contributed by atoms with E-state index < -0.39 is 113 Å². The number of nitrogens with two attached hydrogens (primary N) is 3. The van der Waals surface area contributed by atoms with Gasteiger partial charge in [0.15, 0.2) is 5.96 Å². The van der Waals surface area contributed by atoms with Gasteiger partial charge in [0.1, 0.15) is 48.0 Å². The zero-order valence-corrected chi connectivity index (χ0v) is 41.2. The molecule has 0 aliphatic carbocycles. The summed E-state index contributed by atoms with van der Waals surface area (Å²) in [6.07, 6.45) is 3.26. The first-order valence-corrected chi connectivity index (χ1v) is 25.2. The van der Waals surface area contributed by atoms with Crippen molar-refractivity contribution in [3.63, 3.8) is 0 Å². The van der Waals surface area contributed by atoms with Crippen molar-refractivity contribution in [1.29, 1.82) is 0 Å². The molecule has 398 valence electrons. The van der Waals surface area contributed by atoms with Crippen LogP contribution in [0.1, 0.15) is 68.2 Å². The van der Waals surface area contributed by atoms with Crippen LogP contribution in [-0.4, -0.2) is 167 Å². The third-order valence-electron chi connectivity index (χ3n) is 12.9. The summed E-state index contributed by atoms with van der Waals surface area (Å²) >= 11 is 1.27. The molecule has 3 saturated heterocycles. The summed E-state index contributed by atoms with van der Waals surface area (Å²) in [4.78, 5) is 136. The van der Waals surface area contributed by atoms with Crippen LogP contribution < -0.4 is 43.8 Å². The lowest BCUT2D eigenvalue weighted by atomic mass is 10.0. The number of aromatic hydroxyl groups is 1. The molecule has 0 saturated carbocycles. The van der Waals surface area contributed by atoms with E-state index >= 15 is 4.79 Å². The second kappa shape index (κ2) is 26.3. The van der Waals surface area contributed by atoms with E-state index in [9.17, 15) is 53.7 Å². The molecule has 6 rings (SSSR count). The van der Waals surface area contributed by atoms with E-state index in [1.54, 1.807) is 42.5 Å². The standard InChI is InChI=1S/C48H63N13O12S/c49-30(23-39(63)64)40(65)55-31(8-4-17-53-48(50)51)41(66)56-32-16-19-74-38-15-14-37(61(38)46(71)33(57-42(32)67)20-27-10-12-29(62)13-11-27)44(69)58-34(22-28-24-52-25-54-28)45(70)60-18-5-9-36(60)43(68)59-35(47(72)73)21-26-6-2-1-3-7-26/h1-3,6-7,10-13,24-25,30-38,62H,4-5,8-9,14-23,49H2,(H,52,54)(H,55,65)(H,56,66)(H,57,67)(H,58,69)(H,59,68)(H,63,64)(H,72,73)(H4,50,51,53)/t30-,31-,32-,33-,34-,35-,36-,37-,38-/m0/s1. The number of benzene rings is 2. The first kappa shape index (κ1) is 55.6. The highest BCUT2D eigenvalue weighted by Crippen LogP contribution is 2.35. The summed E-state index contributed by atoms with van der Waals surface area (Å²) in [5.41, 5.74) is 18.3. The fourth-order valence-electron chi connectivity index (χ4n) is 9.12. The number of phenols is 1. The van der Waals surface area contributed by atoms with E-state index in [-0.39, 0.29) is 81.9 Å². The number of guanidine groups is 1. The lowest BCUT2D eigenvalue weighted by Crippen LogP contribution is -2.61. The number of nitrogens with one attached hydrogen (secondary N) is 6. The number of H-pyrrole nitrogens is 1. The number of carboxylic acids is 2. The number of aromatic nitrogens is 2. The minimum atomic E-state index is -1.50. The highest BCUT2D eigenvalue weighted by atomic mass is 32.2. The van der Waals surface area contributed by atoms with Crippen molar-refractivity contribution in [1.82, 2.24) is 46.4 Å². The van der Waals surface area contributed by atoms with Gasteiger partial charge in [0.2, 0.25) is 41.4 Å². The minimum Gasteiger partial charge on any atom is -0.508 e. The molecule has 3 aliphatic heterocycles. The van der Waals surface area contributed by atoms with Gasteiger partial charge >= 0.3 is 11.9 Å². The molecular weight excluding hydrogens is 983 g/mol. The summed E-state index contributed by atoms with van der Waals surface area (Å²) in [7, 11) is 0.